The molecule has 10 heteroatoms. The maximum Gasteiger partial charge on any atom is 0.243 e. The molecule has 0 radical (unpaired) electrons. The van der Waals surface area contributed by atoms with Crippen LogP contribution in [0.2, 0.25) is 0 Å². The third-order valence-electron chi connectivity index (χ3n) is 2.50. The Morgan fingerprint density at radius 2 is 2.00 bits per heavy atom. The highest BCUT2D eigenvalue weighted by Crippen LogP contribution is 2.06. The van der Waals surface area contributed by atoms with Gasteiger partial charge in [0.05, 0.1) is 12.4 Å². The SMILES string of the molecule is NNc1ncc(S(=O)(=O)NCCCc2ncc[nH]2)cn1. The van der Waals surface area contributed by atoms with Crippen LogP contribution in [0.5, 0.6) is 0 Å². The number of H-pyrrole nitrogens is 1. The molecule has 0 saturated carbocycles. The Kier molecular flexibility index (Phi) is 4.61. The van der Waals surface area contributed by atoms with E-state index in [0.717, 1.165) is 5.82 Å². The lowest BCUT2D eigenvalue weighted by Gasteiger charge is -2.06. The summed E-state index contributed by atoms with van der Waals surface area (Å²) in [6, 6.07) is 0. The smallest absolute Gasteiger partial charge is 0.243 e. The molecule has 0 aliphatic heterocycles. The summed E-state index contributed by atoms with van der Waals surface area (Å²) in [4.78, 5) is 14.5. The highest BCUT2D eigenvalue weighted by molar-refractivity contribution is 7.89. The van der Waals surface area contributed by atoms with Gasteiger partial charge in [-0.15, -0.1) is 0 Å². The third-order valence-corrected chi connectivity index (χ3v) is 3.92. The van der Waals surface area contributed by atoms with E-state index >= 15 is 0 Å². The first-order valence-corrected chi connectivity index (χ1v) is 7.37. The maximum atomic E-state index is 11.9. The number of anilines is 1. The lowest BCUT2D eigenvalue weighted by molar-refractivity contribution is 0.577. The molecule has 0 aliphatic rings. The number of nitrogens with zero attached hydrogens (tertiary/aromatic N) is 3. The minimum absolute atomic E-state index is 0.00509. The lowest BCUT2D eigenvalue weighted by Crippen LogP contribution is -2.25. The van der Waals surface area contributed by atoms with Crippen molar-refractivity contribution < 1.29 is 8.42 Å². The Bertz CT molecular complexity index is 624. The minimum Gasteiger partial charge on any atom is -0.349 e. The van der Waals surface area contributed by atoms with Gasteiger partial charge in [-0.1, -0.05) is 0 Å². The van der Waals surface area contributed by atoms with Gasteiger partial charge in [0.15, 0.2) is 0 Å². The molecule has 0 atom stereocenters. The average molecular weight is 297 g/mol. The van der Waals surface area contributed by atoms with Gasteiger partial charge in [0.25, 0.3) is 0 Å². The van der Waals surface area contributed by atoms with E-state index < -0.39 is 10.0 Å². The van der Waals surface area contributed by atoms with E-state index in [4.69, 9.17) is 5.84 Å². The largest absolute Gasteiger partial charge is 0.349 e. The van der Waals surface area contributed by atoms with Gasteiger partial charge < -0.3 is 4.98 Å². The molecule has 20 heavy (non-hydrogen) atoms. The monoisotopic (exact) mass is 297 g/mol. The van der Waals surface area contributed by atoms with E-state index in [9.17, 15) is 8.42 Å². The summed E-state index contributed by atoms with van der Waals surface area (Å²) in [6.45, 7) is 0.305. The molecular formula is C10H15N7O2S. The zero-order valence-electron chi connectivity index (χ0n) is 10.6. The fourth-order valence-electron chi connectivity index (χ4n) is 1.51. The van der Waals surface area contributed by atoms with Crippen LogP contribution < -0.4 is 16.0 Å². The van der Waals surface area contributed by atoms with Crippen molar-refractivity contribution in [2.75, 3.05) is 12.0 Å². The number of nitrogen functional groups attached to an aromatic ring is 1. The van der Waals surface area contributed by atoms with E-state index in [0.29, 0.717) is 19.4 Å². The molecule has 0 aliphatic carbocycles. The fraction of sp³-hybridized carbons (Fsp3) is 0.300. The van der Waals surface area contributed by atoms with Crippen LogP contribution in [0.15, 0.2) is 29.7 Å². The summed E-state index contributed by atoms with van der Waals surface area (Å²) in [5, 5.41) is 0. The molecule has 0 spiro atoms. The predicted octanol–water partition coefficient (Wildman–Crippen LogP) is -0.604. The second-order valence-corrected chi connectivity index (χ2v) is 5.69. The van der Waals surface area contributed by atoms with Gasteiger partial charge in [-0.05, 0) is 6.42 Å². The highest BCUT2D eigenvalue weighted by Gasteiger charge is 2.14. The summed E-state index contributed by atoms with van der Waals surface area (Å²) in [5.74, 6) is 6.08. The van der Waals surface area contributed by atoms with Crippen molar-refractivity contribution in [1.82, 2.24) is 24.7 Å². The Hall–Kier alpha value is -2.04. The number of aromatic amines is 1. The zero-order valence-corrected chi connectivity index (χ0v) is 11.4. The number of nitrogens with two attached hydrogens (primary N) is 1. The normalized spacial score (nSPS) is 11.4. The average Bonchev–Trinajstić information content (AvgIpc) is 2.97. The first-order valence-electron chi connectivity index (χ1n) is 5.88. The number of aromatic nitrogens is 4. The summed E-state index contributed by atoms with van der Waals surface area (Å²) < 4.78 is 26.3. The Morgan fingerprint density at radius 3 is 2.60 bits per heavy atom. The summed E-state index contributed by atoms with van der Waals surface area (Å²) in [5.41, 5.74) is 2.23. The minimum atomic E-state index is -3.60. The van der Waals surface area contributed by atoms with Crippen LogP contribution >= 0.6 is 0 Å². The van der Waals surface area contributed by atoms with Crippen LogP contribution in [0.4, 0.5) is 5.95 Å². The topological polar surface area (TPSA) is 139 Å². The number of aryl methyl sites for hydroxylation is 1. The molecule has 108 valence electrons. The second-order valence-electron chi connectivity index (χ2n) is 3.92. The molecule has 0 saturated heterocycles. The van der Waals surface area contributed by atoms with E-state index in [1.54, 1.807) is 12.4 Å². The number of hydrazine groups is 1. The third kappa shape index (κ3) is 3.73. The summed E-state index contributed by atoms with van der Waals surface area (Å²) in [7, 11) is -3.60. The fourth-order valence-corrected chi connectivity index (χ4v) is 2.47. The molecule has 0 amide bonds. The van der Waals surface area contributed by atoms with Gasteiger partial charge >= 0.3 is 0 Å². The first-order chi connectivity index (χ1) is 9.62. The first kappa shape index (κ1) is 14.4. The molecule has 2 rings (SSSR count). The predicted molar refractivity (Wildman–Crippen MR) is 71.9 cm³/mol. The van der Waals surface area contributed by atoms with Gasteiger partial charge in [0.2, 0.25) is 16.0 Å². The van der Waals surface area contributed by atoms with E-state index in [2.05, 4.69) is 30.1 Å². The van der Waals surface area contributed by atoms with E-state index in [-0.39, 0.29) is 10.8 Å². The van der Waals surface area contributed by atoms with Gasteiger partial charge in [0, 0.05) is 25.4 Å². The molecule has 0 fully saturated rings. The van der Waals surface area contributed by atoms with Crippen LogP contribution in [-0.2, 0) is 16.4 Å². The molecule has 0 bridgehead atoms. The maximum absolute atomic E-state index is 11.9. The zero-order chi connectivity index (χ0) is 14.4. The molecule has 9 nitrogen and oxygen atoms in total. The number of sulfonamides is 1. The molecular weight excluding hydrogens is 282 g/mol. The van der Waals surface area contributed by atoms with E-state index in [1.165, 1.54) is 12.4 Å². The Balaban J connectivity index is 1.86. The van der Waals surface area contributed by atoms with Crippen molar-refractivity contribution in [1.29, 1.82) is 0 Å². The van der Waals surface area contributed by atoms with Gasteiger partial charge in [0.1, 0.15) is 10.7 Å². The highest BCUT2D eigenvalue weighted by atomic mass is 32.2. The quantitative estimate of drug-likeness (QED) is 0.304. The van der Waals surface area contributed by atoms with Crippen LogP contribution in [0, 0.1) is 0 Å². The molecule has 5 N–H and O–H groups in total. The lowest BCUT2D eigenvalue weighted by atomic mass is 10.3. The van der Waals surface area contributed by atoms with Crippen LogP contribution in [0.1, 0.15) is 12.2 Å². The van der Waals surface area contributed by atoms with Crippen molar-refractivity contribution in [3.8, 4) is 0 Å². The molecule has 2 heterocycles. The number of imidazole rings is 1. The summed E-state index contributed by atoms with van der Waals surface area (Å²) in [6.07, 6.45) is 7.07. The summed E-state index contributed by atoms with van der Waals surface area (Å²) >= 11 is 0. The Morgan fingerprint density at radius 1 is 1.25 bits per heavy atom. The van der Waals surface area contributed by atoms with E-state index in [1.807, 2.05) is 0 Å². The number of hydrogen-bond acceptors (Lipinski definition) is 7. The standard InChI is InChI=1S/C10H15N7O2S/c11-17-10-14-6-8(7-15-10)20(18,19)16-3-1-2-9-12-4-5-13-9/h4-7,16H,1-3,11H2,(H,12,13)(H,14,15,17). The van der Waals surface area contributed by atoms with Crippen molar-refractivity contribution in [3.05, 3.63) is 30.6 Å². The Labute approximate surface area is 116 Å². The van der Waals surface area contributed by atoms with Crippen LogP contribution in [0.3, 0.4) is 0 Å². The van der Waals surface area contributed by atoms with Crippen molar-refractivity contribution in [2.45, 2.75) is 17.7 Å². The molecule has 2 aromatic rings. The number of rotatable bonds is 7. The van der Waals surface area contributed by atoms with Gasteiger partial charge in [-0.2, -0.15) is 0 Å². The number of nitrogens with one attached hydrogen (secondary N) is 3. The van der Waals surface area contributed by atoms with Crippen LogP contribution in [0.25, 0.3) is 0 Å². The van der Waals surface area contributed by atoms with Crippen molar-refractivity contribution in [2.24, 2.45) is 5.84 Å². The van der Waals surface area contributed by atoms with Crippen molar-refractivity contribution in [3.63, 3.8) is 0 Å². The molecule has 2 aromatic heterocycles. The second kappa shape index (κ2) is 6.41. The van der Waals surface area contributed by atoms with Crippen molar-refractivity contribution >= 4 is 16.0 Å². The van der Waals surface area contributed by atoms with Gasteiger partial charge in [-0.25, -0.2) is 33.9 Å². The van der Waals surface area contributed by atoms with Gasteiger partial charge in [-0.3, -0.25) is 5.43 Å². The van der Waals surface area contributed by atoms with Crippen LogP contribution in [-0.4, -0.2) is 34.9 Å². The molecule has 0 unspecified atom stereocenters. The molecule has 0 aromatic carbocycles. The number of hydrogen-bond donors (Lipinski definition) is 4.